The van der Waals surface area contributed by atoms with Crippen molar-refractivity contribution in [2.24, 2.45) is 0 Å². The summed E-state index contributed by atoms with van der Waals surface area (Å²) in [7, 11) is 0. The summed E-state index contributed by atoms with van der Waals surface area (Å²) in [6.07, 6.45) is 2.34. The lowest BCUT2D eigenvalue weighted by molar-refractivity contribution is -0.131. The van der Waals surface area contributed by atoms with Crippen molar-refractivity contribution < 1.29 is 13.6 Å². The average Bonchev–Trinajstić information content (AvgIpc) is 3.19. The fraction of sp³-hybridized carbons (Fsp3) is 0.333. The van der Waals surface area contributed by atoms with E-state index in [1.165, 1.54) is 5.56 Å². The first-order valence-electron chi connectivity index (χ1n) is 11.5. The number of anilines is 1. The summed E-state index contributed by atoms with van der Waals surface area (Å²) in [6.45, 7) is 8.78. The summed E-state index contributed by atoms with van der Waals surface area (Å²) in [4.78, 5) is 29.8. The van der Waals surface area contributed by atoms with Crippen LogP contribution in [0.15, 0.2) is 50.2 Å². The van der Waals surface area contributed by atoms with Crippen molar-refractivity contribution in [2.45, 2.75) is 33.6 Å². The van der Waals surface area contributed by atoms with E-state index in [9.17, 15) is 9.59 Å². The number of carbonyl (C=O) groups excluding carboxylic acids is 1. The molecule has 5 rings (SSSR count). The van der Waals surface area contributed by atoms with Gasteiger partial charge in [0, 0.05) is 65.7 Å². The molecule has 34 heavy (non-hydrogen) atoms. The van der Waals surface area contributed by atoms with E-state index in [1.54, 1.807) is 12.3 Å². The third-order valence-corrected chi connectivity index (χ3v) is 7.14. The Hall–Kier alpha value is -3.25. The van der Waals surface area contributed by atoms with Crippen LogP contribution in [0.25, 0.3) is 21.9 Å². The number of hydrogen-bond donors (Lipinski definition) is 0. The second-order valence-electron chi connectivity index (χ2n) is 9.05. The molecule has 1 aliphatic heterocycles. The first-order valence-corrected chi connectivity index (χ1v) is 11.9. The highest BCUT2D eigenvalue weighted by Crippen LogP contribution is 2.29. The van der Waals surface area contributed by atoms with E-state index in [0.717, 1.165) is 40.7 Å². The van der Waals surface area contributed by atoms with Gasteiger partial charge in [0.25, 0.3) is 0 Å². The zero-order chi connectivity index (χ0) is 24.0. The van der Waals surface area contributed by atoms with E-state index in [-0.39, 0.29) is 18.0 Å². The lowest BCUT2D eigenvalue weighted by Crippen LogP contribution is -2.49. The second kappa shape index (κ2) is 8.84. The monoisotopic (exact) mass is 478 g/mol. The Morgan fingerprint density at radius 3 is 2.50 bits per heavy atom. The van der Waals surface area contributed by atoms with E-state index < -0.39 is 0 Å². The largest absolute Gasteiger partial charge is 0.464 e. The number of benzene rings is 2. The number of nitrogens with zero attached hydrogens (tertiary/aromatic N) is 2. The molecule has 7 heteroatoms. The predicted octanol–water partition coefficient (Wildman–Crippen LogP) is 5.40. The fourth-order valence-electron chi connectivity index (χ4n) is 4.84. The topological polar surface area (TPSA) is 66.9 Å². The summed E-state index contributed by atoms with van der Waals surface area (Å²) >= 11 is 6.18. The van der Waals surface area contributed by atoms with Crippen LogP contribution in [0.3, 0.4) is 0 Å². The Balaban J connectivity index is 1.28. The number of aryl methyl sites for hydroxylation is 3. The molecule has 3 heterocycles. The van der Waals surface area contributed by atoms with Gasteiger partial charge in [-0.1, -0.05) is 17.7 Å². The van der Waals surface area contributed by atoms with Gasteiger partial charge in [-0.05, 0) is 62.1 Å². The van der Waals surface area contributed by atoms with E-state index in [4.69, 9.17) is 20.4 Å². The maximum Gasteiger partial charge on any atom is 0.339 e. The molecule has 0 unspecified atom stereocenters. The van der Waals surface area contributed by atoms with Crippen LogP contribution in [0, 0.1) is 20.8 Å². The highest BCUT2D eigenvalue weighted by Gasteiger charge is 2.23. The van der Waals surface area contributed by atoms with Crippen molar-refractivity contribution in [2.75, 3.05) is 31.1 Å². The maximum atomic E-state index is 12.9. The van der Waals surface area contributed by atoms with Crippen molar-refractivity contribution in [3.8, 4) is 0 Å². The normalized spacial score (nSPS) is 14.4. The van der Waals surface area contributed by atoms with Crippen LogP contribution in [0.4, 0.5) is 5.69 Å². The molecule has 1 fully saturated rings. The third-order valence-electron chi connectivity index (χ3n) is 6.91. The molecule has 0 spiro atoms. The lowest BCUT2D eigenvalue weighted by Gasteiger charge is -2.37. The average molecular weight is 479 g/mol. The Morgan fingerprint density at radius 2 is 1.74 bits per heavy atom. The molecule has 4 aromatic rings. The van der Waals surface area contributed by atoms with Crippen molar-refractivity contribution >= 4 is 45.1 Å². The van der Waals surface area contributed by atoms with Crippen molar-refractivity contribution in [1.29, 1.82) is 0 Å². The van der Waals surface area contributed by atoms with Gasteiger partial charge in [0.1, 0.15) is 11.2 Å². The molecule has 0 aliphatic carbocycles. The quantitative estimate of drug-likeness (QED) is 0.367. The highest BCUT2D eigenvalue weighted by molar-refractivity contribution is 6.30. The van der Waals surface area contributed by atoms with Gasteiger partial charge in [-0.3, -0.25) is 4.79 Å². The Kier molecular flexibility index (Phi) is 5.86. The van der Waals surface area contributed by atoms with Gasteiger partial charge >= 0.3 is 5.63 Å². The van der Waals surface area contributed by atoms with Crippen LogP contribution in [0.2, 0.25) is 5.02 Å². The number of hydrogen-bond acceptors (Lipinski definition) is 5. The van der Waals surface area contributed by atoms with Crippen LogP contribution in [0.1, 0.15) is 28.7 Å². The molecule has 176 valence electrons. The molecule has 0 radical (unpaired) electrons. The van der Waals surface area contributed by atoms with Gasteiger partial charge in [-0.25, -0.2) is 4.79 Å². The van der Waals surface area contributed by atoms with Gasteiger partial charge < -0.3 is 18.6 Å². The Bertz CT molecular complexity index is 1460. The third kappa shape index (κ3) is 4.07. The molecule has 2 aromatic heterocycles. The van der Waals surface area contributed by atoms with Crippen LogP contribution in [0.5, 0.6) is 0 Å². The van der Waals surface area contributed by atoms with Gasteiger partial charge in [0.2, 0.25) is 5.91 Å². The smallest absolute Gasteiger partial charge is 0.339 e. The molecule has 0 N–H and O–H groups in total. The molecule has 2 aromatic carbocycles. The van der Waals surface area contributed by atoms with Crippen LogP contribution in [-0.2, 0) is 11.2 Å². The van der Waals surface area contributed by atoms with E-state index in [1.807, 2.05) is 43.0 Å². The molecule has 1 aliphatic rings. The van der Waals surface area contributed by atoms with Crippen molar-refractivity contribution in [1.82, 2.24) is 4.90 Å². The standard InChI is InChI=1S/C27H27ClN2O4/c1-16-4-5-19(28)12-23(16)29-8-10-30(11-9-29)26(31)7-6-20-18(3)22-13-21-17(2)15-33-24(21)14-25(22)34-27(20)32/h4-5,12-15H,6-11H2,1-3H3. The van der Waals surface area contributed by atoms with Gasteiger partial charge in [-0.15, -0.1) is 0 Å². The van der Waals surface area contributed by atoms with Gasteiger partial charge in [0.15, 0.2) is 0 Å². The molecule has 0 atom stereocenters. The molecule has 0 bridgehead atoms. The number of piperazine rings is 1. The number of fused-ring (bicyclic) bond motifs is 2. The van der Waals surface area contributed by atoms with Crippen LogP contribution < -0.4 is 10.5 Å². The minimum absolute atomic E-state index is 0.0579. The number of halogens is 1. The molecule has 1 amide bonds. The van der Waals surface area contributed by atoms with E-state index >= 15 is 0 Å². The minimum atomic E-state index is -0.387. The molecular formula is C27H27ClN2O4. The number of rotatable bonds is 4. The summed E-state index contributed by atoms with van der Waals surface area (Å²) < 4.78 is 11.1. The lowest BCUT2D eigenvalue weighted by atomic mass is 10.0. The zero-order valence-corrected chi connectivity index (χ0v) is 20.4. The molecule has 1 saturated heterocycles. The first-order chi connectivity index (χ1) is 16.3. The van der Waals surface area contributed by atoms with Crippen LogP contribution in [-0.4, -0.2) is 37.0 Å². The maximum absolute atomic E-state index is 12.9. The fourth-order valence-corrected chi connectivity index (χ4v) is 5.00. The van der Waals surface area contributed by atoms with E-state index in [2.05, 4.69) is 11.8 Å². The number of furan rings is 1. The summed E-state index contributed by atoms with van der Waals surface area (Å²) in [5.41, 5.74) is 5.57. The van der Waals surface area contributed by atoms with Gasteiger partial charge in [-0.2, -0.15) is 0 Å². The Labute approximate surface area is 202 Å². The van der Waals surface area contributed by atoms with E-state index in [0.29, 0.717) is 41.3 Å². The number of amides is 1. The van der Waals surface area contributed by atoms with Crippen LogP contribution >= 0.6 is 11.6 Å². The Morgan fingerprint density at radius 1 is 0.971 bits per heavy atom. The van der Waals surface area contributed by atoms with Crippen molar-refractivity contribution in [3.63, 3.8) is 0 Å². The SMILES string of the molecule is Cc1ccc(Cl)cc1N1CCN(C(=O)CCc2c(C)c3cc4c(C)coc4cc3oc2=O)CC1. The van der Waals surface area contributed by atoms with Crippen molar-refractivity contribution in [3.05, 3.63) is 74.3 Å². The summed E-state index contributed by atoms with van der Waals surface area (Å²) in [5, 5.41) is 2.59. The summed E-state index contributed by atoms with van der Waals surface area (Å²) in [5.74, 6) is 0.0579. The first kappa shape index (κ1) is 22.5. The second-order valence-corrected chi connectivity index (χ2v) is 9.49. The molecule has 0 saturated carbocycles. The molecule has 6 nitrogen and oxygen atoms in total. The van der Waals surface area contributed by atoms with Gasteiger partial charge in [0.05, 0.1) is 6.26 Å². The predicted molar refractivity (Wildman–Crippen MR) is 135 cm³/mol. The zero-order valence-electron chi connectivity index (χ0n) is 19.6. The minimum Gasteiger partial charge on any atom is -0.464 e. The summed E-state index contributed by atoms with van der Waals surface area (Å²) in [6, 6.07) is 9.66. The molecular weight excluding hydrogens is 452 g/mol. The number of carbonyl (C=O) groups is 1. The highest BCUT2D eigenvalue weighted by atomic mass is 35.5.